The van der Waals surface area contributed by atoms with E-state index >= 15 is 0 Å². The number of hydrogen-bond acceptors (Lipinski definition) is 3. The van der Waals surface area contributed by atoms with Crippen LogP contribution in [0.2, 0.25) is 0 Å². The number of carbonyl (C=O) groups excluding carboxylic acids is 1. The van der Waals surface area contributed by atoms with Crippen LogP contribution in [0.4, 0.5) is 5.69 Å². The molecule has 5 heteroatoms. The number of nitrogens with zero attached hydrogens (tertiary/aromatic N) is 1. The van der Waals surface area contributed by atoms with Gasteiger partial charge in [-0.15, -0.1) is 0 Å². The van der Waals surface area contributed by atoms with Gasteiger partial charge in [-0.05, 0) is 30.5 Å². The fraction of sp³-hybridized carbons (Fsp3) is 0.278. The molecule has 0 bridgehead atoms. The average molecular weight is 329 g/mol. The van der Waals surface area contributed by atoms with Gasteiger partial charge in [0, 0.05) is 11.7 Å². The molecule has 2 aromatic rings. The first kappa shape index (κ1) is 15.7. The molecule has 4 nitrogen and oxygen atoms in total. The van der Waals surface area contributed by atoms with E-state index in [0.717, 1.165) is 17.7 Å². The number of para-hydroxylation sites is 1. The average Bonchev–Trinajstić information content (AvgIpc) is 2.83. The molecule has 0 N–H and O–H groups in total. The molecule has 0 saturated carbocycles. The summed E-state index contributed by atoms with van der Waals surface area (Å²) in [4.78, 5) is 14.2. The Morgan fingerprint density at radius 3 is 2.48 bits per heavy atom. The maximum absolute atomic E-state index is 12.6. The van der Waals surface area contributed by atoms with Crippen LogP contribution >= 0.6 is 0 Å². The van der Waals surface area contributed by atoms with Crippen molar-refractivity contribution in [3.05, 3.63) is 65.7 Å². The molecule has 23 heavy (non-hydrogen) atoms. The van der Waals surface area contributed by atoms with Gasteiger partial charge in [0.2, 0.25) is 5.91 Å². The molecule has 0 fully saturated rings. The maximum atomic E-state index is 12.6. The monoisotopic (exact) mass is 329 g/mol. The number of fused-ring (bicyclic) bond motifs is 1. The predicted molar refractivity (Wildman–Crippen MR) is 91.0 cm³/mol. The molecule has 120 valence electrons. The standard InChI is InChI=1S/C18H19NO3S/c1-14-11-16-9-5-6-10-17(16)19(14)18(20)13-23(21,22)12-15-7-3-2-4-8-15/h2-10,14H,11-13H2,1H3. The fourth-order valence-electron chi connectivity index (χ4n) is 3.08. The molecular formula is C18H19NO3S. The highest BCUT2D eigenvalue weighted by Crippen LogP contribution is 2.32. The van der Waals surface area contributed by atoms with Crippen molar-refractivity contribution in [3.8, 4) is 0 Å². The molecule has 2 aromatic carbocycles. The smallest absolute Gasteiger partial charge is 0.242 e. The highest BCUT2D eigenvalue weighted by molar-refractivity contribution is 7.91. The summed E-state index contributed by atoms with van der Waals surface area (Å²) < 4.78 is 24.7. The summed E-state index contributed by atoms with van der Waals surface area (Å²) in [5.74, 6) is -0.914. The van der Waals surface area contributed by atoms with Crippen molar-refractivity contribution in [2.24, 2.45) is 0 Å². The largest absolute Gasteiger partial charge is 0.308 e. The van der Waals surface area contributed by atoms with Crippen LogP contribution in [0.25, 0.3) is 0 Å². The van der Waals surface area contributed by atoms with Gasteiger partial charge in [-0.3, -0.25) is 4.79 Å². The summed E-state index contributed by atoms with van der Waals surface area (Å²) in [6.45, 7) is 1.95. The Morgan fingerprint density at radius 2 is 1.74 bits per heavy atom. The van der Waals surface area contributed by atoms with E-state index in [1.165, 1.54) is 0 Å². The molecule has 0 saturated heterocycles. The minimum atomic E-state index is -3.49. The van der Waals surface area contributed by atoms with E-state index in [4.69, 9.17) is 0 Å². The summed E-state index contributed by atoms with van der Waals surface area (Å²) in [6, 6.07) is 16.6. The summed E-state index contributed by atoms with van der Waals surface area (Å²) in [5.41, 5.74) is 2.63. The molecule has 0 aliphatic carbocycles. The van der Waals surface area contributed by atoms with Crippen LogP contribution in [-0.2, 0) is 26.8 Å². The quantitative estimate of drug-likeness (QED) is 0.866. The summed E-state index contributed by atoms with van der Waals surface area (Å²) in [7, 11) is -3.49. The van der Waals surface area contributed by atoms with Crippen molar-refractivity contribution in [3.63, 3.8) is 0 Å². The van der Waals surface area contributed by atoms with Crippen molar-refractivity contribution in [1.82, 2.24) is 0 Å². The lowest BCUT2D eigenvalue weighted by atomic mass is 10.1. The van der Waals surface area contributed by atoms with Crippen LogP contribution in [-0.4, -0.2) is 26.1 Å². The SMILES string of the molecule is CC1Cc2ccccc2N1C(=O)CS(=O)(=O)Cc1ccccc1. The van der Waals surface area contributed by atoms with Crippen molar-refractivity contribution in [1.29, 1.82) is 0 Å². The number of rotatable bonds is 4. The number of amides is 1. The van der Waals surface area contributed by atoms with Crippen LogP contribution in [0.3, 0.4) is 0 Å². The molecule has 0 aromatic heterocycles. The third-order valence-corrected chi connectivity index (χ3v) is 5.51. The Bertz CT molecular complexity index is 815. The maximum Gasteiger partial charge on any atom is 0.242 e. The van der Waals surface area contributed by atoms with Crippen molar-refractivity contribution in [2.45, 2.75) is 25.1 Å². The molecule has 1 aliphatic rings. The second kappa shape index (κ2) is 6.16. The second-order valence-electron chi connectivity index (χ2n) is 5.96. The summed E-state index contributed by atoms with van der Waals surface area (Å²) in [6.07, 6.45) is 0.765. The Kier molecular flexibility index (Phi) is 4.22. The number of sulfone groups is 1. The molecule has 0 spiro atoms. The van der Waals surface area contributed by atoms with Crippen molar-refractivity contribution in [2.75, 3.05) is 10.7 Å². The van der Waals surface area contributed by atoms with E-state index < -0.39 is 15.6 Å². The van der Waals surface area contributed by atoms with E-state index in [2.05, 4.69) is 0 Å². The molecule has 1 heterocycles. The Balaban J connectivity index is 1.76. The number of anilines is 1. The lowest BCUT2D eigenvalue weighted by Crippen LogP contribution is -2.39. The van der Waals surface area contributed by atoms with Gasteiger partial charge >= 0.3 is 0 Å². The van der Waals surface area contributed by atoms with Gasteiger partial charge in [-0.1, -0.05) is 48.5 Å². The molecular weight excluding hydrogens is 310 g/mol. The van der Waals surface area contributed by atoms with E-state index in [9.17, 15) is 13.2 Å². The lowest BCUT2D eigenvalue weighted by molar-refractivity contribution is -0.116. The van der Waals surface area contributed by atoms with Gasteiger partial charge in [-0.2, -0.15) is 0 Å². The fourth-order valence-corrected chi connectivity index (χ4v) is 4.40. The molecule has 1 unspecified atom stereocenters. The summed E-state index contributed by atoms with van der Waals surface area (Å²) >= 11 is 0. The number of benzene rings is 2. The van der Waals surface area contributed by atoms with E-state index in [0.29, 0.717) is 5.56 Å². The first-order valence-corrected chi connectivity index (χ1v) is 9.43. The van der Waals surface area contributed by atoms with Crippen molar-refractivity contribution < 1.29 is 13.2 Å². The Morgan fingerprint density at radius 1 is 1.09 bits per heavy atom. The molecule has 0 radical (unpaired) electrons. The van der Waals surface area contributed by atoms with Gasteiger partial charge in [0.25, 0.3) is 0 Å². The van der Waals surface area contributed by atoms with Crippen LogP contribution in [0.5, 0.6) is 0 Å². The minimum Gasteiger partial charge on any atom is -0.308 e. The Hall–Kier alpha value is -2.14. The minimum absolute atomic E-state index is 0.00757. The molecule has 1 aliphatic heterocycles. The summed E-state index contributed by atoms with van der Waals surface area (Å²) in [5, 5.41) is 0. The highest BCUT2D eigenvalue weighted by atomic mass is 32.2. The zero-order chi connectivity index (χ0) is 16.4. The first-order chi connectivity index (χ1) is 11.0. The molecule has 1 amide bonds. The van der Waals surface area contributed by atoms with Crippen molar-refractivity contribution >= 4 is 21.4 Å². The highest BCUT2D eigenvalue weighted by Gasteiger charge is 2.32. The van der Waals surface area contributed by atoms with Crippen LogP contribution in [0, 0.1) is 0 Å². The second-order valence-corrected chi connectivity index (χ2v) is 8.03. The third-order valence-electron chi connectivity index (χ3n) is 4.05. The number of carbonyl (C=O) groups is 1. The number of hydrogen-bond donors (Lipinski definition) is 0. The third kappa shape index (κ3) is 3.45. The zero-order valence-electron chi connectivity index (χ0n) is 13.0. The van der Waals surface area contributed by atoms with Crippen LogP contribution in [0.15, 0.2) is 54.6 Å². The Labute approximate surface area is 136 Å². The first-order valence-electron chi connectivity index (χ1n) is 7.60. The van der Waals surface area contributed by atoms with Crippen LogP contribution in [0.1, 0.15) is 18.1 Å². The van der Waals surface area contributed by atoms with E-state index in [1.54, 1.807) is 29.2 Å². The van der Waals surface area contributed by atoms with Gasteiger partial charge in [0.1, 0.15) is 5.75 Å². The van der Waals surface area contributed by atoms with Crippen LogP contribution < -0.4 is 4.90 Å². The van der Waals surface area contributed by atoms with Gasteiger partial charge in [-0.25, -0.2) is 8.42 Å². The van der Waals surface area contributed by atoms with E-state index in [-0.39, 0.29) is 17.7 Å². The van der Waals surface area contributed by atoms with Gasteiger partial charge in [0.15, 0.2) is 9.84 Å². The molecule has 3 rings (SSSR count). The normalized spacial score (nSPS) is 17.1. The molecule has 1 atom stereocenters. The topological polar surface area (TPSA) is 54.5 Å². The van der Waals surface area contributed by atoms with Gasteiger partial charge < -0.3 is 4.90 Å². The van der Waals surface area contributed by atoms with Gasteiger partial charge in [0.05, 0.1) is 5.75 Å². The lowest BCUT2D eigenvalue weighted by Gasteiger charge is -2.22. The zero-order valence-corrected chi connectivity index (χ0v) is 13.8. The predicted octanol–water partition coefficient (Wildman–Crippen LogP) is 2.58. The van der Waals surface area contributed by atoms with E-state index in [1.807, 2.05) is 37.3 Å².